The van der Waals surface area contributed by atoms with E-state index >= 15 is 0 Å². The third-order valence-corrected chi connectivity index (χ3v) is 5.35. The van der Waals surface area contributed by atoms with Crippen LogP contribution in [-0.2, 0) is 9.53 Å². The van der Waals surface area contributed by atoms with Crippen LogP contribution < -0.4 is 15.0 Å². The van der Waals surface area contributed by atoms with E-state index in [4.69, 9.17) is 9.47 Å². The van der Waals surface area contributed by atoms with Crippen molar-refractivity contribution in [2.75, 3.05) is 39.2 Å². The number of aromatic nitrogens is 1. The van der Waals surface area contributed by atoms with Crippen molar-refractivity contribution < 1.29 is 24.0 Å². The SMILES string of the molecule is COC(=O)c1[nH]c2cc(OC)ccc2c1NC(=O)CC[NH+]1CCC(C)CC1. The zero-order valence-electron chi connectivity index (χ0n) is 16.2. The van der Waals surface area contributed by atoms with Crippen LogP contribution in [0.4, 0.5) is 5.69 Å². The standard InChI is InChI=1S/C20H27N3O4/c1-13-6-9-23(10-7-13)11-8-17(24)22-18-15-5-4-14(26-2)12-16(15)21-19(18)20(25)27-3/h4-5,12-13,21H,6-11H2,1-3H3,(H,22,24)/p+1. The van der Waals surface area contributed by atoms with Gasteiger partial charge in [-0.3, -0.25) is 4.79 Å². The van der Waals surface area contributed by atoms with E-state index in [-0.39, 0.29) is 11.6 Å². The van der Waals surface area contributed by atoms with Crippen molar-refractivity contribution in [1.29, 1.82) is 0 Å². The molecule has 0 spiro atoms. The van der Waals surface area contributed by atoms with Crippen LogP contribution in [0.15, 0.2) is 18.2 Å². The Kier molecular flexibility index (Phi) is 6.01. The highest BCUT2D eigenvalue weighted by molar-refractivity contribution is 6.11. The third kappa shape index (κ3) is 4.42. The fraction of sp³-hybridized carbons (Fsp3) is 0.500. The monoisotopic (exact) mass is 374 g/mol. The third-order valence-electron chi connectivity index (χ3n) is 5.35. The number of amides is 1. The van der Waals surface area contributed by atoms with Crippen LogP contribution in [0.1, 0.15) is 36.7 Å². The van der Waals surface area contributed by atoms with Crippen molar-refractivity contribution in [2.45, 2.75) is 26.2 Å². The zero-order chi connectivity index (χ0) is 19.4. The molecule has 146 valence electrons. The number of aromatic amines is 1. The van der Waals surface area contributed by atoms with Crippen LogP contribution in [0.3, 0.4) is 0 Å². The van der Waals surface area contributed by atoms with Crippen molar-refractivity contribution in [1.82, 2.24) is 4.98 Å². The number of ether oxygens (including phenoxy) is 2. The second kappa shape index (κ2) is 8.43. The second-order valence-electron chi connectivity index (χ2n) is 7.26. The van der Waals surface area contributed by atoms with Gasteiger partial charge in [0.2, 0.25) is 5.91 Å². The number of nitrogens with one attached hydrogen (secondary N) is 3. The number of rotatable bonds is 6. The molecule has 7 nitrogen and oxygen atoms in total. The molecule has 3 N–H and O–H groups in total. The van der Waals surface area contributed by atoms with Gasteiger partial charge in [0.15, 0.2) is 0 Å². The van der Waals surface area contributed by atoms with Crippen molar-refractivity contribution in [2.24, 2.45) is 5.92 Å². The lowest BCUT2D eigenvalue weighted by Crippen LogP contribution is -3.13. The Morgan fingerprint density at radius 3 is 2.67 bits per heavy atom. The molecule has 1 saturated heterocycles. The molecule has 0 radical (unpaired) electrons. The van der Waals surface area contributed by atoms with Crippen molar-refractivity contribution >= 4 is 28.5 Å². The predicted molar refractivity (Wildman–Crippen MR) is 103 cm³/mol. The molecule has 1 aromatic carbocycles. The average molecular weight is 374 g/mol. The highest BCUT2D eigenvalue weighted by atomic mass is 16.5. The first-order valence-corrected chi connectivity index (χ1v) is 9.43. The number of carbonyl (C=O) groups excluding carboxylic acids is 2. The van der Waals surface area contributed by atoms with Gasteiger partial charge >= 0.3 is 5.97 Å². The van der Waals surface area contributed by atoms with E-state index in [2.05, 4.69) is 17.2 Å². The number of anilines is 1. The van der Waals surface area contributed by atoms with Crippen molar-refractivity contribution in [3.05, 3.63) is 23.9 Å². The topological polar surface area (TPSA) is 84.9 Å². The molecular weight excluding hydrogens is 346 g/mol. The zero-order valence-corrected chi connectivity index (χ0v) is 16.2. The lowest BCUT2D eigenvalue weighted by atomic mass is 9.99. The number of methoxy groups -OCH3 is 2. The van der Waals surface area contributed by atoms with Crippen LogP contribution in [0.5, 0.6) is 5.75 Å². The van der Waals surface area contributed by atoms with Crippen LogP contribution >= 0.6 is 0 Å². The normalized spacial score (nSPS) is 19.7. The molecule has 7 heteroatoms. The number of fused-ring (bicyclic) bond motifs is 1. The molecule has 1 aromatic heterocycles. The number of hydrogen-bond donors (Lipinski definition) is 3. The second-order valence-corrected chi connectivity index (χ2v) is 7.26. The van der Waals surface area contributed by atoms with Gasteiger partial charge < -0.3 is 24.7 Å². The van der Waals surface area contributed by atoms with Gasteiger partial charge in [0.1, 0.15) is 11.4 Å². The summed E-state index contributed by atoms with van der Waals surface area (Å²) in [4.78, 5) is 29.2. The molecule has 0 unspecified atom stereocenters. The summed E-state index contributed by atoms with van der Waals surface area (Å²) in [6, 6.07) is 5.41. The van der Waals surface area contributed by atoms with Crippen LogP contribution in [-0.4, -0.2) is 50.7 Å². The van der Waals surface area contributed by atoms with E-state index < -0.39 is 5.97 Å². The first-order valence-electron chi connectivity index (χ1n) is 9.43. The minimum atomic E-state index is -0.517. The number of esters is 1. The molecular formula is C20H28N3O4+. The summed E-state index contributed by atoms with van der Waals surface area (Å²) < 4.78 is 10.1. The number of H-pyrrole nitrogens is 1. The van der Waals surface area contributed by atoms with E-state index in [1.807, 2.05) is 6.07 Å². The Morgan fingerprint density at radius 1 is 1.26 bits per heavy atom. The quantitative estimate of drug-likeness (QED) is 0.671. The Bertz CT molecular complexity index is 822. The molecule has 1 fully saturated rings. The fourth-order valence-corrected chi connectivity index (χ4v) is 3.60. The Balaban J connectivity index is 1.74. The molecule has 2 aromatic rings. The molecule has 0 bridgehead atoms. The highest BCUT2D eigenvalue weighted by Gasteiger charge is 2.23. The molecule has 1 amide bonds. The van der Waals surface area contributed by atoms with Gasteiger partial charge in [0.25, 0.3) is 0 Å². The maximum absolute atomic E-state index is 12.5. The fourth-order valence-electron chi connectivity index (χ4n) is 3.60. The Labute approximate surface area is 159 Å². The van der Waals surface area contributed by atoms with E-state index in [1.165, 1.54) is 24.9 Å². The van der Waals surface area contributed by atoms with Gasteiger partial charge in [0, 0.05) is 11.5 Å². The summed E-state index contributed by atoms with van der Waals surface area (Å²) in [5.41, 5.74) is 1.42. The number of carbonyl (C=O) groups is 2. The maximum atomic E-state index is 12.5. The highest BCUT2D eigenvalue weighted by Crippen LogP contribution is 2.31. The molecule has 1 aliphatic heterocycles. The molecule has 2 heterocycles. The van der Waals surface area contributed by atoms with Gasteiger partial charge in [-0.2, -0.15) is 0 Å². The van der Waals surface area contributed by atoms with E-state index in [1.54, 1.807) is 19.2 Å². The molecule has 27 heavy (non-hydrogen) atoms. The number of hydrogen-bond acceptors (Lipinski definition) is 4. The molecule has 0 atom stereocenters. The Hall–Kier alpha value is -2.54. The molecule has 0 aliphatic carbocycles. The van der Waals surface area contributed by atoms with E-state index in [0.717, 1.165) is 30.9 Å². The summed E-state index contributed by atoms with van der Waals surface area (Å²) in [7, 11) is 2.90. The lowest BCUT2D eigenvalue weighted by molar-refractivity contribution is -0.905. The lowest BCUT2D eigenvalue weighted by Gasteiger charge is -2.27. The van der Waals surface area contributed by atoms with Gasteiger partial charge in [0.05, 0.1) is 51.5 Å². The van der Waals surface area contributed by atoms with Gasteiger partial charge in [-0.1, -0.05) is 6.92 Å². The molecule has 1 aliphatic rings. The van der Waals surface area contributed by atoms with Crippen molar-refractivity contribution in [3.8, 4) is 5.75 Å². The summed E-state index contributed by atoms with van der Waals surface area (Å²) in [5.74, 6) is 0.841. The van der Waals surface area contributed by atoms with Crippen LogP contribution in [0.2, 0.25) is 0 Å². The number of likely N-dealkylation sites (tertiary alicyclic amines) is 1. The predicted octanol–water partition coefficient (Wildman–Crippen LogP) is 1.61. The Morgan fingerprint density at radius 2 is 2.00 bits per heavy atom. The smallest absolute Gasteiger partial charge is 0.356 e. The minimum Gasteiger partial charge on any atom is -0.497 e. The summed E-state index contributed by atoms with van der Waals surface area (Å²) in [5, 5.41) is 3.66. The summed E-state index contributed by atoms with van der Waals surface area (Å²) in [6.07, 6.45) is 2.86. The first-order chi connectivity index (χ1) is 13.0. The molecule has 0 saturated carbocycles. The molecule has 3 rings (SSSR count). The summed E-state index contributed by atoms with van der Waals surface area (Å²) >= 11 is 0. The minimum absolute atomic E-state index is 0.0945. The van der Waals surface area contributed by atoms with Gasteiger partial charge in [-0.25, -0.2) is 4.79 Å². The first kappa shape index (κ1) is 19.2. The van der Waals surface area contributed by atoms with Gasteiger partial charge in [-0.05, 0) is 30.9 Å². The maximum Gasteiger partial charge on any atom is 0.356 e. The van der Waals surface area contributed by atoms with Crippen LogP contribution in [0, 0.1) is 5.92 Å². The largest absolute Gasteiger partial charge is 0.497 e. The number of quaternary nitrogens is 1. The van der Waals surface area contributed by atoms with E-state index in [9.17, 15) is 9.59 Å². The van der Waals surface area contributed by atoms with Gasteiger partial charge in [-0.15, -0.1) is 0 Å². The number of benzene rings is 1. The number of piperidine rings is 1. The van der Waals surface area contributed by atoms with E-state index in [0.29, 0.717) is 23.4 Å². The average Bonchev–Trinajstić information content (AvgIpc) is 3.04. The summed E-state index contributed by atoms with van der Waals surface area (Å²) in [6.45, 7) is 5.33. The van der Waals surface area contributed by atoms with Crippen molar-refractivity contribution in [3.63, 3.8) is 0 Å². The van der Waals surface area contributed by atoms with Crippen LogP contribution in [0.25, 0.3) is 10.9 Å².